The maximum atomic E-state index is 5.49. The molecule has 1 aromatic carbocycles. The molecule has 0 aliphatic rings. The molecule has 0 unspecified atom stereocenters. The molecule has 0 amide bonds. The van der Waals surface area contributed by atoms with Gasteiger partial charge < -0.3 is 18.6 Å². The molecular weight excluding hydrogens is 354 g/mol. The second-order valence-corrected chi connectivity index (χ2v) is 5.92. The molecule has 3 rings (SSSR count). The second kappa shape index (κ2) is 7.92. The van der Waals surface area contributed by atoms with Crippen molar-refractivity contribution >= 4 is 17.6 Å². The summed E-state index contributed by atoms with van der Waals surface area (Å²) in [5.74, 6) is 2.36. The molecule has 0 aliphatic carbocycles. The molecule has 0 spiro atoms. The molecule has 0 atom stereocenters. The number of hydrogen-bond acceptors (Lipinski definition) is 7. The van der Waals surface area contributed by atoms with E-state index < -0.39 is 0 Å². The van der Waals surface area contributed by atoms with Crippen molar-refractivity contribution in [2.45, 2.75) is 0 Å². The van der Waals surface area contributed by atoms with Crippen LogP contribution in [0.5, 0.6) is 17.2 Å². The van der Waals surface area contributed by atoms with Gasteiger partial charge in [-0.2, -0.15) is 5.10 Å². The molecule has 0 bridgehead atoms. The Balaban J connectivity index is 2.08. The van der Waals surface area contributed by atoms with Gasteiger partial charge in [-0.15, -0.1) is 11.3 Å². The fourth-order valence-corrected chi connectivity index (χ4v) is 3.29. The molecule has 3 aromatic rings. The minimum Gasteiger partial charge on any atom is -0.493 e. The standard InChI is InChI=1S/C18H19N3O4S/c1-19-18-21(13(11-26-18)14-6-5-9-25-14)20-10-12-7-8-15(22-2)17(24-4)16(12)23-3/h5-11H,1-4H3/b19-18?,20-10-. The normalized spacial score (nSPS) is 11.9. The zero-order valence-corrected chi connectivity index (χ0v) is 15.7. The van der Waals surface area contributed by atoms with Crippen molar-refractivity contribution in [1.29, 1.82) is 0 Å². The van der Waals surface area contributed by atoms with Gasteiger partial charge in [0.25, 0.3) is 0 Å². The van der Waals surface area contributed by atoms with Gasteiger partial charge >= 0.3 is 0 Å². The van der Waals surface area contributed by atoms with E-state index in [0.717, 1.165) is 16.1 Å². The smallest absolute Gasteiger partial charge is 0.206 e. The van der Waals surface area contributed by atoms with Crippen LogP contribution in [0, 0.1) is 0 Å². The summed E-state index contributed by atoms with van der Waals surface area (Å²) in [6.45, 7) is 0. The van der Waals surface area contributed by atoms with Gasteiger partial charge in [0, 0.05) is 18.0 Å². The molecule has 26 heavy (non-hydrogen) atoms. The Morgan fingerprint density at radius 3 is 2.50 bits per heavy atom. The van der Waals surface area contributed by atoms with Gasteiger partial charge in [0.15, 0.2) is 17.3 Å². The minimum absolute atomic E-state index is 0.515. The predicted octanol–water partition coefficient (Wildman–Crippen LogP) is 3.25. The molecular formula is C18H19N3O4S. The average molecular weight is 373 g/mol. The van der Waals surface area contributed by atoms with Gasteiger partial charge in [-0.05, 0) is 24.3 Å². The van der Waals surface area contributed by atoms with Gasteiger partial charge in [-0.3, -0.25) is 4.99 Å². The lowest BCUT2D eigenvalue weighted by molar-refractivity contribution is 0.324. The van der Waals surface area contributed by atoms with Gasteiger partial charge in [0.2, 0.25) is 10.6 Å². The van der Waals surface area contributed by atoms with E-state index in [1.807, 2.05) is 23.6 Å². The topological polar surface area (TPSA) is 70.5 Å². The summed E-state index contributed by atoms with van der Waals surface area (Å²) in [5, 5.41) is 6.52. The number of nitrogens with zero attached hydrogens (tertiary/aromatic N) is 3. The van der Waals surface area contributed by atoms with Gasteiger partial charge in [0.05, 0.1) is 33.8 Å². The summed E-state index contributed by atoms with van der Waals surface area (Å²) in [5.41, 5.74) is 1.56. The Hall–Kier alpha value is -3.00. The van der Waals surface area contributed by atoms with E-state index in [1.165, 1.54) is 11.3 Å². The summed E-state index contributed by atoms with van der Waals surface area (Å²) in [4.78, 5) is 5.01. The van der Waals surface area contributed by atoms with Crippen molar-refractivity contribution < 1.29 is 18.6 Å². The summed E-state index contributed by atoms with van der Waals surface area (Å²) >= 11 is 1.48. The Kier molecular flexibility index (Phi) is 5.43. The van der Waals surface area contributed by atoms with Crippen LogP contribution in [0.1, 0.15) is 5.56 Å². The lowest BCUT2D eigenvalue weighted by Gasteiger charge is -2.13. The van der Waals surface area contributed by atoms with Crippen LogP contribution in [0.2, 0.25) is 0 Å². The first-order chi connectivity index (χ1) is 12.7. The van der Waals surface area contributed by atoms with Crippen molar-refractivity contribution in [2.75, 3.05) is 28.4 Å². The molecule has 136 valence electrons. The maximum absolute atomic E-state index is 5.49. The summed E-state index contributed by atoms with van der Waals surface area (Å²) in [7, 11) is 6.45. The zero-order chi connectivity index (χ0) is 18.5. The molecule has 0 saturated heterocycles. The maximum Gasteiger partial charge on any atom is 0.206 e. The highest BCUT2D eigenvalue weighted by Gasteiger charge is 2.15. The summed E-state index contributed by atoms with van der Waals surface area (Å²) in [6.07, 6.45) is 3.32. The number of rotatable bonds is 6. The Labute approximate surface area is 154 Å². The summed E-state index contributed by atoms with van der Waals surface area (Å²) in [6, 6.07) is 7.37. The second-order valence-electron chi connectivity index (χ2n) is 5.08. The third kappa shape index (κ3) is 3.23. The number of thiazole rings is 1. The van der Waals surface area contributed by atoms with Crippen LogP contribution in [0.15, 0.2) is 50.4 Å². The molecule has 8 heteroatoms. The molecule has 0 saturated carbocycles. The molecule has 0 fully saturated rings. The van der Waals surface area contributed by atoms with Gasteiger partial charge in [-0.1, -0.05) is 0 Å². The first-order valence-electron chi connectivity index (χ1n) is 7.74. The van der Waals surface area contributed by atoms with E-state index in [9.17, 15) is 0 Å². The van der Waals surface area contributed by atoms with Gasteiger partial charge in [-0.25, -0.2) is 4.68 Å². The molecule has 0 radical (unpaired) electrons. The molecule has 2 aromatic heterocycles. The van der Waals surface area contributed by atoms with Crippen molar-refractivity contribution in [1.82, 2.24) is 4.68 Å². The number of furan rings is 1. The third-order valence-electron chi connectivity index (χ3n) is 3.70. The first-order valence-corrected chi connectivity index (χ1v) is 8.62. The van der Waals surface area contributed by atoms with E-state index in [1.54, 1.807) is 51.6 Å². The number of aromatic nitrogens is 1. The monoisotopic (exact) mass is 373 g/mol. The van der Waals surface area contributed by atoms with Crippen LogP contribution >= 0.6 is 11.3 Å². The number of benzene rings is 1. The molecule has 7 nitrogen and oxygen atoms in total. The van der Waals surface area contributed by atoms with Crippen molar-refractivity contribution in [3.8, 4) is 28.7 Å². The first kappa shape index (κ1) is 17.8. The van der Waals surface area contributed by atoms with Crippen molar-refractivity contribution in [3.05, 3.63) is 46.3 Å². The highest BCUT2D eigenvalue weighted by molar-refractivity contribution is 7.07. The lowest BCUT2D eigenvalue weighted by atomic mass is 10.2. The van der Waals surface area contributed by atoms with Crippen LogP contribution in [0.4, 0.5) is 0 Å². The van der Waals surface area contributed by atoms with Crippen LogP contribution in [-0.2, 0) is 0 Å². The average Bonchev–Trinajstić information content (AvgIpc) is 3.34. The van der Waals surface area contributed by atoms with Crippen LogP contribution in [0.25, 0.3) is 11.5 Å². The van der Waals surface area contributed by atoms with E-state index in [-0.39, 0.29) is 0 Å². The molecule has 0 aliphatic heterocycles. The van der Waals surface area contributed by atoms with E-state index in [4.69, 9.17) is 18.6 Å². The highest BCUT2D eigenvalue weighted by Crippen LogP contribution is 2.39. The van der Waals surface area contributed by atoms with E-state index in [0.29, 0.717) is 23.0 Å². The van der Waals surface area contributed by atoms with Crippen LogP contribution < -0.4 is 19.0 Å². The number of ether oxygens (including phenoxy) is 3. The van der Waals surface area contributed by atoms with E-state index >= 15 is 0 Å². The molecule has 2 heterocycles. The minimum atomic E-state index is 0.515. The Morgan fingerprint density at radius 1 is 1.08 bits per heavy atom. The fraction of sp³-hybridized carbons (Fsp3) is 0.222. The number of hydrogen-bond donors (Lipinski definition) is 0. The van der Waals surface area contributed by atoms with Crippen molar-refractivity contribution in [2.24, 2.45) is 10.1 Å². The quantitative estimate of drug-likeness (QED) is 0.622. The third-order valence-corrected chi connectivity index (χ3v) is 4.60. The largest absolute Gasteiger partial charge is 0.493 e. The Bertz CT molecular complexity index is 971. The van der Waals surface area contributed by atoms with Crippen LogP contribution in [0.3, 0.4) is 0 Å². The highest BCUT2D eigenvalue weighted by atomic mass is 32.1. The van der Waals surface area contributed by atoms with Crippen molar-refractivity contribution in [3.63, 3.8) is 0 Å². The van der Waals surface area contributed by atoms with Gasteiger partial charge in [0.1, 0.15) is 5.69 Å². The lowest BCUT2D eigenvalue weighted by Crippen LogP contribution is -2.11. The number of methoxy groups -OCH3 is 3. The fourth-order valence-electron chi connectivity index (χ4n) is 2.50. The SMILES string of the molecule is CN=c1scc(-c2ccco2)n1/N=C\c1ccc(OC)c(OC)c1OC. The van der Waals surface area contributed by atoms with E-state index in [2.05, 4.69) is 10.1 Å². The predicted molar refractivity (Wildman–Crippen MR) is 101 cm³/mol. The summed E-state index contributed by atoms with van der Waals surface area (Å²) < 4.78 is 23.4. The molecule has 0 N–H and O–H groups in total. The zero-order valence-electron chi connectivity index (χ0n) is 14.9. The van der Waals surface area contributed by atoms with Crippen LogP contribution in [-0.4, -0.2) is 39.3 Å². The Morgan fingerprint density at radius 2 is 1.88 bits per heavy atom.